The molecule has 0 atom stereocenters. The lowest BCUT2D eigenvalue weighted by Gasteiger charge is -2.05. The van der Waals surface area contributed by atoms with Gasteiger partial charge in [0, 0.05) is 12.1 Å². The number of hydrogen-bond donors (Lipinski definition) is 1. The zero-order chi connectivity index (χ0) is 12.8. The predicted octanol–water partition coefficient (Wildman–Crippen LogP) is 3.57. The van der Waals surface area contributed by atoms with Crippen molar-refractivity contribution >= 4 is 11.6 Å². The summed E-state index contributed by atoms with van der Waals surface area (Å²) in [5.41, 5.74) is 3.29. The van der Waals surface area contributed by atoms with Gasteiger partial charge in [0.2, 0.25) is 5.91 Å². The summed E-state index contributed by atoms with van der Waals surface area (Å²) < 4.78 is 0. The molecule has 0 spiro atoms. The minimum atomic E-state index is 0.0572. The van der Waals surface area contributed by atoms with Gasteiger partial charge in [-0.3, -0.25) is 4.79 Å². The van der Waals surface area contributed by atoms with Crippen molar-refractivity contribution in [1.29, 1.82) is 0 Å². The lowest BCUT2D eigenvalue weighted by molar-refractivity contribution is -0.116. The molecule has 2 aromatic carbocycles. The van der Waals surface area contributed by atoms with E-state index in [4.69, 9.17) is 0 Å². The van der Waals surface area contributed by atoms with Gasteiger partial charge in [-0.05, 0) is 31.0 Å². The Labute approximate surface area is 108 Å². The molecule has 1 N–H and O–H groups in total. The number of nitrogens with one attached hydrogen (secondary N) is 1. The Balaban J connectivity index is 1.83. The second-order valence-corrected chi connectivity index (χ2v) is 4.40. The van der Waals surface area contributed by atoms with Crippen LogP contribution in [-0.4, -0.2) is 5.91 Å². The summed E-state index contributed by atoms with van der Waals surface area (Å²) in [5, 5.41) is 2.88. The summed E-state index contributed by atoms with van der Waals surface area (Å²) in [7, 11) is 0. The first-order chi connectivity index (χ1) is 8.74. The van der Waals surface area contributed by atoms with Gasteiger partial charge in [-0.15, -0.1) is 0 Å². The number of carbonyl (C=O) groups excluding carboxylic acids is 1. The molecule has 0 radical (unpaired) electrons. The van der Waals surface area contributed by atoms with Crippen molar-refractivity contribution in [3.63, 3.8) is 0 Å². The van der Waals surface area contributed by atoms with E-state index in [0.29, 0.717) is 6.42 Å². The van der Waals surface area contributed by atoms with E-state index in [0.717, 1.165) is 12.1 Å². The number of hydrogen-bond acceptors (Lipinski definition) is 1. The molecule has 0 fully saturated rings. The Hall–Kier alpha value is -2.09. The van der Waals surface area contributed by atoms with Crippen molar-refractivity contribution in [3.05, 3.63) is 65.7 Å². The Morgan fingerprint density at radius 3 is 2.33 bits per heavy atom. The summed E-state index contributed by atoms with van der Waals surface area (Å²) in [6.07, 6.45) is 1.29. The standard InChI is InChI=1S/C16H17NO/c1-13-7-9-14(10-8-13)11-12-16(18)17-15-5-3-2-4-6-15/h2-10H,11-12H2,1H3,(H,17,18). The molecule has 2 rings (SSSR count). The van der Waals surface area contributed by atoms with E-state index >= 15 is 0 Å². The van der Waals surface area contributed by atoms with Gasteiger partial charge in [0.15, 0.2) is 0 Å². The molecule has 0 aliphatic rings. The number of aryl methyl sites for hydroxylation is 2. The molecule has 0 saturated carbocycles. The lowest BCUT2D eigenvalue weighted by atomic mass is 10.1. The van der Waals surface area contributed by atoms with Crippen LogP contribution < -0.4 is 5.32 Å². The molecule has 0 aliphatic heterocycles. The second-order valence-electron chi connectivity index (χ2n) is 4.40. The van der Waals surface area contributed by atoms with Gasteiger partial charge in [-0.25, -0.2) is 0 Å². The Morgan fingerprint density at radius 1 is 1.00 bits per heavy atom. The first kappa shape index (κ1) is 12.4. The smallest absolute Gasteiger partial charge is 0.224 e. The molecule has 2 aromatic rings. The van der Waals surface area contributed by atoms with Gasteiger partial charge >= 0.3 is 0 Å². The number of amides is 1. The second kappa shape index (κ2) is 6.01. The van der Waals surface area contributed by atoms with Gasteiger partial charge in [0.1, 0.15) is 0 Å². The topological polar surface area (TPSA) is 29.1 Å². The quantitative estimate of drug-likeness (QED) is 0.868. The number of anilines is 1. The fourth-order valence-electron chi connectivity index (χ4n) is 1.76. The fourth-order valence-corrected chi connectivity index (χ4v) is 1.76. The highest BCUT2D eigenvalue weighted by molar-refractivity contribution is 5.90. The highest BCUT2D eigenvalue weighted by Crippen LogP contribution is 2.08. The van der Waals surface area contributed by atoms with E-state index in [-0.39, 0.29) is 5.91 Å². The SMILES string of the molecule is Cc1ccc(CCC(=O)Nc2ccccc2)cc1. The molecule has 92 valence electrons. The van der Waals surface area contributed by atoms with Gasteiger partial charge in [-0.2, -0.15) is 0 Å². The summed E-state index contributed by atoms with van der Waals surface area (Å²) in [4.78, 5) is 11.7. The van der Waals surface area contributed by atoms with E-state index in [2.05, 4.69) is 36.5 Å². The summed E-state index contributed by atoms with van der Waals surface area (Å²) >= 11 is 0. The summed E-state index contributed by atoms with van der Waals surface area (Å²) in [5.74, 6) is 0.0572. The largest absolute Gasteiger partial charge is 0.326 e. The molecule has 18 heavy (non-hydrogen) atoms. The molecule has 0 aromatic heterocycles. The van der Waals surface area contributed by atoms with Crippen LogP contribution in [-0.2, 0) is 11.2 Å². The van der Waals surface area contributed by atoms with Gasteiger partial charge in [-0.1, -0.05) is 48.0 Å². The Bertz CT molecular complexity index is 502. The highest BCUT2D eigenvalue weighted by Gasteiger charge is 2.02. The average molecular weight is 239 g/mol. The van der Waals surface area contributed by atoms with Crippen LogP contribution in [0.15, 0.2) is 54.6 Å². The molecule has 0 saturated heterocycles. The maximum absolute atomic E-state index is 11.7. The monoisotopic (exact) mass is 239 g/mol. The minimum Gasteiger partial charge on any atom is -0.326 e. The normalized spacial score (nSPS) is 10.1. The van der Waals surface area contributed by atoms with E-state index in [1.54, 1.807) is 0 Å². The van der Waals surface area contributed by atoms with Gasteiger partial charge in [0.25, 0.3) is 0 Å². The van der Waals surface area contributed by atoms with E-state index in [9.17, 15) is 4.79 Å². The van der Waals surface area contributed by atoms with Crippen molar-refractivity contribution in [2.24, 2.45) is 0 Å². The number of carbonyl (C=O) groups is 1. The van der Waals surface area contributed by atoms with Crippen molar-refractivity contribution in [2.45, 2.75) is 19.8 Å². The molecule has 2 nitrogen and oxygen atoms in total. The first-order valence-electron chi connectivity index (χ1n) is 6.14. The average Bonchev–Trinajstić information content (AvgIpc) is 2.39. The van der Waals surface area contributed by atoms with Crippen LogP contribution >= 0.6 is 0 Å². The van der Waals surface area contributed by atoms with Crippen LogP contribution in [0.3, 0.4) is 0 Å². The van der Waals surface area contributed by atoms with Crippen LogP contribution in [0.2, 0.25) is 0 Å². The third-order valence-electron chi connectivity index (χ3n) is 2.82. The van der Waals surface area contributed by atoms with E-state index < -0.39 is 0 Å². The molecule has 1 amide bonds. The molecule has 0 bridgehead atoms. The molecule has 0 unspecified atom stereocenters. The van der Waals surface area contributed by atoms with E-state index in [1.165, 1.54) is 11.1 Å². The minimum absolute atomic E-state index is 0.0572. The Kier molecular flexibility index (Phi) is 4.13. The van der Waals surface area contributed by atoms with Gasteiger partial charge in [0.05, 0.1) is 0 Å². The molecule has 2 heteroatoms. The molecular weight excluding hydrogens is 222 g/mol. The van der Waals surface area contributed by atoms with Crippen molar-refractivity contribution in [2.75, 3.05) is 5.32 Å². The van der Waals surface area contributed by atoms with Crippen LogP contribution in [0.4, 0.5) is 5.69 Å². The van der Waals surface area contributed by atoms with E-state index in [1.807, 2.05) is 30.3 Å². The highest BCUT2D eigenvalue weighted by atomic mass is 16.1. The van der Waals surface area contributed by atoms with Crippen LogP contribution in [0.1, 0.15) is 17.5 Å². The third kappa shape index (κ3) is 3.74. The van der Waals surface area contributed by atoms with Crippen molar-refractivity contribution in [1.82, 2.24) is 0 Å². The van der Waals surface area contributed by atoms with Crippen molar-refractivity contribution in [3.8, 4) is 0 Å². The first-order valence-corrected chi connectivity index (χ1v) is 6.14. The zero-order valence-electron chi connectivity index (χ0n) is 10.5. The predicted molar refractivity (Wildman–Crippen MR) is 74.6 cm³/mol. The summed E-state index contributed by atoms with van der Waals surface area (Å²) in [6.45, 7) is 2.06. The summed E-state index contributed by atoms with van der Waals surface area (Å²) in [6, 6.07) is 17.8. The zero-order valence-corrected chi connectivity index (χ0v) is 10.5. The maximum atomic E-state index is 11.7. The number of para-hydroxylation sites is 1. The molecule has 0 heterocycles. The van der Waals surface area contributed by atoms with Crippen LogP contribution in [0.5, 0.6) is 0 Å². The van der Waals surface area contributed by atoms with Crippen LogP contribution in [0, 0.1) is 6.92 Å². The Morgan fingerprint density at radius 2 is 1.67 bits per heavy atom. The third-order valence-corrected chi connectivity index (χ3v) is 2.82. The van der Waals surface area contributed by atoms with Crippen LogP contribution in [0.25, 0.3) is 0 Å². The number of benzene rings is 2. The lowest BCUT2D eigenvalue weighted by Crippen LogP contribution is -2.12. The van der Waals surface area contributed by atoms with Crippen molar-refractivity contribution < 1.29 is 4.79 Å². The van der Waals surface area contributed by atoms with Gasteiger partial charge < -0.3 is 5.32 Å². The molecule has 0 aliphatic carbocycles. The molecular formula is C16H17NO. The number of rotatable bonds is 4. The fraction of sp³-hybridized carbons (Fsp3) is 0.188. The maximum Gasteiger partial charge on any atom is 0.224 e.